The van der Waals surface area contributed by atoms with Crippen LogP contribution >= 0.6 is 0 Å². The lowest BCUT2D eigenvalue weighted by molar-refractivity contribution is 0.375. The number of hydrogen-bond donors (Lipinski definition) is 0. The summed E-state index contributed by atoms with van der Waals surface area (Å²) in [6.45, 7) is 7.27. The van der Waals surface area contributed by atoms with Crippen molar-refractivity contribution in [2.45, 2.75) is 38.6 Å². The molecule has 7 nitrogen and oxygen atoms in total. The molecule has 35 heavy (non-hydrogen) atoms. The Morgan fingerprint density at radius 3 is 2.23 bits per heavy atom. The van der Waals surface area contributed by atoms with Crippen molar-refractivity contribution in [2.24, 2.45) is 0 Å². The molecule has 182 valence electrons. The first-order valence-corrected chi connectivity index (χ1v) is 12.7. The fraction of sp³-hybridized carbons (Fsp3) is 0.259. The van der Waals surface area contributed by atoms with E-state index in [9.17, 15) is 13.2 Å². The molecule has 0 saturated carbocycles. The number of aryl methyl sites for hydroxylation is 3. The largest absolute Gasteiger partial charge is 0.495 e. The Kier molecular flexibility index (Phi) is 6.53. The number of hydrogen-bond acceptors (Lipinski definition) is 5. The fourth-order valence-electron chi connectivity index (χ4n) is 4.57. The highest BCUT2D eigenvalue weighted by Gasteiger charge is 2.32. The summed E-state index contributed by atoms with van der Waals surface area (Å²) in [7, 11) is -0.849. The molecular formula is C27H29N3O4S. The summed E-state index contributed by atoms with van der Waals surface area (Å²) >= 11 is 0. The normalized spacial score (nSPS) is 12.8. The zero-order valence-electron chi connectivity index (χ0n) is 20.7. The van der Waals surface area contributed by atoms with Crippen LogP contribution in [0.2, 0.25) is 0 Å². The zero-order valence-corrected chi connectivity index (χ0v) is 21.6. The van der Waals surface area contributed by atoms with Gasteiger partial charge < -0.3 is 4.74 Å². The molecule has 0 spiro atoms. The van der Waals surface area contributed by atoms with Crippen LogP contribution in [-0.2, 0) is 10.0 Å². The van der Waals surface area contributed by atoms with E-state index in [1.807, 2.05) is 25.1 Å². The van der Waals surface area contributed by atoms with Crippen LogP contribution in [0.4, 0.5) is 0 Å². The maximum Gasteiger partial charge on any atom is 0.266 e. The average Bonchev–Trinajstić information content (AvgIpc) is 2.82. The molecule has 4 aromatic rings. The Morgan fingerprint density at radius 1 is 0.971 bits per heavy atom. The summed E-state index contributed by atoms with van der Waals surface area (Å²) in [6, 6.07) is 17.1. The lowest BCUT2D eigenvalue weighted by atomic mass is 10.1. The molecule has 0 fully saturated rings. The van der Waals surface area contributed by atoms with Crippen LogP contribution in [-0.4, -0.2) is 36.4 Å². The van der Waals surface area contributed by atoms with Crippen LogP contribution in [0.25, 0.3) is 16.6 Å². The Balaban J connectivity index is 1.97. The summed E-state index contributed by atoms with van der Waals surface area (Å²) in [6.07, 6.45) is 0. The van der Waals surface area contributed by atoms with Gasteiger partial charge >= 0.3 is 0 Å². The van der Waals surface area contributed by atoms with Crippen molar-refractivity contribution in [3.63, 3.8) is 0 Å². The smallest absolute Gasteiger partial charge is 0.266 e. The van der Waals surface area contributed by atoms with Gasteiger partial charge in [-0.05, 0) is 63.1 Å². The third-order valence-electron chi connectivity index (χ3n) is 6.29. The van der Waals surface area contributed by atoms with Crippen molar-refractivity contribution in [1.29, 1.82) is 0 Å². The summed E-state index contributed by atoms with van der Waals surface area (Å²) < 4.78 is 35.9. The van der Waals surface area contributed by atoms with Gasteiger partial charge in [0.2, 0.25) is 10.0 Å². The van der Waals surface area contributed by atoms with Crippen LogP contribution in [0.3, 0.4) is 0 Å². The summed E-state index contributed by atoms with van der Waals surface area (Å²) in [5.41, 5.74) is 3.05. The molecule has 4 rings (SSSR count). The third kappa shape index (κ3) is 4.24. The SMILES string of the molecule is COc1ccccc1-n1c(C(C)N(C)S(=O)(=O)c2c(C)cc(C)cc2C)nc2ccccc2c1=O. The predicted molar refractivity (Wildman–Crippen MR) is 138 cm³/mol. The van der Waals surface area contributed by atoms with Crippen molar-refractivity contribution in [2.75, 3.05) is 14.2 Å². The van der Waals surface area contributed by atoms with E-state index in [1.54, 1.807) is 63.2 Å². The van der Waals surface area contributed by atoms with Crippen molar-refractivity contribution in [3.8, 4) is 11.4 Å². The second kappa shape index (κ2) is 9.28. The molecule has 0 N–H and O–H groups in total. The molecule has 0 bridgehead atoms. The number of nitrogens with zero attached hydrogens (tertiary/aromatic N) is 3. The van der Waals surface area contributed by atoms with Gasteiger partial charge in [0.15, 0.2) is 0 Å². The Labute approximate surface area is 205 Å². The van der Waals surface area contributed by atoms with E-state index < -0.39 is 16.1 Å². The van der Waals surface area contributed by atoms with Gasteiger partial charge in [-0.15, -0.1) is 0 Å². The minimum Gasteiger partial charge on any atom is -0.495 e. The molecule has 0 radical (unpaired) electrons. The molecule has 1 unspecified atom stereocenters. The van der Waals surface area contributed by atoms with E-state index >= 15 is 0 Å². The Morgan fingerprint density at radius 2 is 1.57 bits per heavy atom. The van der Waals surface area contributed by atoms with Crippen molar-refractivity contribution in [1.82, 2.24) is 13.9 Å². The van der Waals surface area contributed by atoms with Gasteiger partial charge in [-0.2, -0.15) is 4.31 Å². The van der Waals surface area contributed by atoms with Gasteiger partial charge in [-0.3, -0.25) is 9.36 Å². The van der Waals surface area contributed by atoms with Gasteiger partial charge in [0.1, 0.15) is 11.6 Å². The summed E-state index contributed by atoms with van der Waals surface area (Å²) in [4.78, 5) is 18.8. The van der Waals surface area contributed by atoms with Crippen LogP contribution in [0.1, 0.15) is 35.5 Å². The third-order valence-corrected chi connectivity index (χ3v) is 8.52. The second-order valence-corrected chi connectivity index (χ2v) is 10.7. The first-order chi connectivity index (χ1) is 16.6. The molecule has 0 aliphatic rings. The molecule has 3 aromatic carbocycles. The number of aromatic nitrogens is 2. The Hall–Kier alpha value is -3.49. The molecule has 8 heteroatoms. The maximum atomic E-state index is 13.8. The fourth-order valence-corrected chi connectivity index (χ4v) is 6.30. The van der Waals surface area contributed by atoms with E-state index in [0.717, 1.165) is 5.56 Å². The van der Waals surface area contributed by atoms with Crippen molar-refractivity contribution in [3.05, 3.63) is 93.5 Å². The van der Waals surface area contributed by atoms with Gasteiger partial charge in [-0.25, -0.2) is 13.4 Å². The molecule has 0 saturated heterocycles. The van der Waals surface area contributed by atoms with Crippen LogP contribution in [0.5, 0.6) is 5.75 Å². The van der Waals surface area contributed by atoms with Crippen LogP contribution < -0.4 is 10.3 Å². The number of benzene rings is 3. The zero-order chi connectivity index (χ0) is 25.5. The lowest BCUT2D eigenvalue weighted by Gasteiger charge is -2.28. The van der Waals surface area contributed by atoms with Crippen molar-refractivity contribution >= 4 is 20.9 Å². The number of ether oxygens (including phenoxy) is 1. The number of fused-ring (bicyclic) bond motifs is 1. The van der Waals surface area contributed by atoms with E-state index in [0.29, 0.717) is 39.3 Å². The molecule has 0 amide bonds. The van der Waals surface area contributed by atoms with Crippen LogP contribution in [0, 0.1) is 20.8 Å². The highest BCUT2D eigenvalue weighted by molar-refractivity contribution is 7.89. The minimum atomic E-state index is -3.90. The summed E-state index contributed by atoms with van der Waals surface area (Å²) in [5.74, 6) is 0.780. The number of methoxy groups -OCH3 is 1. The number of rotatable bonds is 6. The van der Waals surface area contributed by atoms with Gasteiger partial charge in [0, 0.05) is 7.05 Å². The highest BCUT2D eigenvalue weighted by atomic mass is 32.2. The highest BCUT2D eigenvalue weighted by Crippen LogP contribution is 2.32. The molecule has 1 atom stereocenters. The van der Waals surface area contributed by atoms with Gasteiger partial charge in [-0.1, -0.05) is 42.0 Å². The maximum absolute atomic E-state index is 13.8. The number of sulfonamides is 1. The molecule has 1 heterocycles. The molecular weight excluding hydrogens is 462 g/mol. The van der Waals surface area contributed by atoms with Crippen LogP contribution in [0.15, 0.2) is 70.4 Å². The van der Waals surface area contributed by atoms with Gasteiger partial charge in [0.05, 0.1) is 34.6 Å². The van der Waals surface area contributed by atoms with Crippen molar-refractivity contribution < 1.29 is 13.2 Å². The quantitative estimate of drug-likeness (QED) is 0.390. The number of para-hydroxylation sites is 3. The minimum absolute atomic E-state index is 0.268. The topological polar surface area (TPSA) is 81.5 Å². The van der Waals surface area contributed by atoms with Gasteiger partial charge in [0.25, 0.3) is 5.56 Å². The van der Waals surface area contributed by atoms with E-state index in [1.165, 1.54) is 23.0 Å². The van der Waals surface area contributed by atoms with E-state index in [-0.39, 0.29) is 10.5 Å². The Bertz CT molecular complexity index is 1570. The lowest BCUT2D eigenvalue weighted by Crippen LogP contribution is -2.35. The first kappa shape index (κ1) is 24.6. The molecule has 0 aliphatic carbocycles. The summed E-state index contributed by atoms with van der Waals surface area (Å²) in [5, 5.41) is 0.435. The standard InChI is InChI=1S/C27H29N3O4S/c1-17-15-18(2)25(19(3)16-17)35(32,33)29(5)20(4)26-28-22-12-8-7-11-21(22)27(31)30(26)23-13-9-10-14-24(23)34-6/h7-16,20H,1-6H3. The average molecular weight is 492 g/mol. The molecule has 0 aliphatic heterocycles. The van der Waals surface area contributed by atoms with E-state index in [2.05, 4.69) is 0 Å². The predicted octanol–water partition coefficient (Wildman–Crippen LogP) is 4.70. The monoisotopic (exact) mass is 491 g/mol. The second-order valence-electron chi connectivity index (χ2n) is 8.72. The molecule has 1 aromatic heterocycles. The van der Waals surface area contributed by atoms with E-state index in [4.69, 9.17) is 9.72 Å². The first-order valence-electron chi connectivity index (χ1n) is 11.3.